The Morgan fingerprint density at radius 1 is 1.10 bits per heavy atom. The van der Waals surface area contributed by atoms with Crippen molar-refractivity contribution in [3.05, 3.63) is 29.8 Å². The highest BCUT2D eigenvalue weighted by Crippen LogP contribution is 2.18. The number of hydrogen-bond acceptors (Lipinski definition) is 3. The number of nitrogens with one attached hydrogen (secondary N) is 1. The first kappa shape index (κ1) is 17.0. The van der Waals surface area contributed by atoms with E-state index in [0.717, 1.165) is 31.2 Å². The van der Waals surface area contributed by atoms with Crippen LogP contribution in [-0.4, -0.2) is 19.7 Å². The first-order valence-corrected chi connectivity index (χ1v) is 7.91. The molecule has 1 unspecified atom stereocenters. The molecule has 0 saturated carbocycles. The van der Waals surface area contributed by atoms with Gasteiger partial charge in [0.15, 0.2) is 0 Å². The Morgan fingerprint density at radius 2 is 1.75 bits per heavy atom. The zero-order chi connectivity index (χ0) is 14.8. The molecule has 3 nitrogen and oxygen atoms in total. The topological polar surface area (TPSA) is 47.3 Å². The van der Waals surface area contributed by atoms with E-state index in [4.69, 9.17) is 10.5 Å². The largest absolute Gasteiger partial charge is 0.494 e. The number of hydrogen-bond donors (Lipinski definition) is 2. The van der Waals surface area contributed by atoms with Crippen LogP contribution in [0.15, 0.2) is 24.3 Å². The van der Waals surface area contributed by atoms with Crippen LogP contribution in [-0.2, 0) is 0 Å². The molecule has 0 bridgehead atoms. The fourth-order valence-corrected chi connectivity index (χ4v) is 2.24. The van der Waals surface area contributed by atoms with E-state index in [1.807, 2.05) is 12.1 Å². The number of nitrogens with two attached hydrogens (primary N) is 1. The highest BCUT2D eigenvalue weighted by molar-refractivity contribution is 5.29. The Hall–Kier alpha value is -1.06. The SMILES string of the molecule is CCCOc1ccc(C(CN)NCC(CC)CC)cc1. The summed E-state index contributed by atoms with van der Waals surface area (Å²) in [6.45, 7) is 9.02. The summed E-state index contributed by atoms with van der Waals surface area (Å²) in [4.78, 5) is 0. The van der Waals surface area contributed by atoms with E-state index in [1.165, 1.54) is 18.4 Å². The lowest BCUT2D eigenvalue weighted by atomic mass is 10.0. The molecule has 0 aliphatic rings. The second kappa shape index (κ2) is 9.78. The lowest BCUT2D eigenvalue weighted by Gasteiger charge is -2.21. The highest BCUT2D eigenvalue weighted by Gasteiger charge is 2.11. The summed E-state index contributed by atoms with van der Waals surface area (Å²) in [6, 6.07) is 8.53. The summed E-state index contributed by atoms with van der Waals surface area (Å²) in [7, 11) is 0. The smallest absolute Gasteiger partial charge is 0.119 e. The van der Waals surface area contributed by atoms with Crippen molar-refractivity contribution in [1.29, 1.82) is 0 Å². The van der Waals surface area contributed by atoms with E-state index in [9.17, 15) is 0 Å². The molecule has 1 aromatic carbocycles. The summed E-state index contributed by atoms with van der Waals surface area (Å²) in [6.07, 6.45) is 3.46. The van der Waals surface area contributed by atoms with Crippen LogP contribution in [0.5, 0.6) is 5.75 Å². The molecule has 1 aromatic rings. The molecular weight excluding hydrogens is 248 g/mol. The van der Waals surface area contributed by atoms with Crippen LogP contribution in [0.1, 0.15) is 51.6 Å². The van der Waals surface area contributed by atoms with E-state index in [-0.39, 0.29) is 6.04 Å². The molecule has 114 valence electrons. The van der Waals surface area contributed by atoms with E-state index in [1.54, 1.807) is 0 Å². The Morgan fingerprint density at radius 3 is 2.25 bits per heavy atom. The van der Waals surface area contributed by atoms with Crippen molar-refractivity contribution in [2.45, 2.75) is 46.1 Å². The molecule has 3 N–H and O–H groups in total. The van der Waals surface area contributed by atoms with E-state index < -0.39 is 0 Å². The van der Waals surface area contributed by atoms with Gasteiger partial charge in [0.2, 0.25) is 0 Å². The predicted molar refractivity (Wildman–Crippen MR) is 86.1 cm³/mol. The fourth-order valence-electron chi connectivity index (χ4n) is 2.24. The quantitative estimate of drug-likeness (QED) is 0.688. The maximum Gasteiger partial charge on any atom is 0.119 e. The molecule has 0 spiro atoms. The Bertz CT molecular complexity index is 347. The van der Waals surface area contributed by atoms with Crippen LogP contribution in [0.25, 0.3) is 0 Å². The molecule has 0 radical (unpaired) electrons. The first-order chi connectivity index (χ1) is 9.74. The highest BCUT2D eigenvalue weighted by atomic mass is 16.5. The molecule has 0 aliphatic carbocycles. The van der Waals surface area contributed by atoms with Gasteiger partial charge in [0, 0.05) is 12.6 Å². The molecule has 20 heavy (non-hydrogen) atoms. The summed E-state index contributed by atoms with van der Waals surface area (Å²) >= 11 is 0. The van der Waals surface area contributed by atoms with Gasteiger partial charge in [-0.25, -0.2) is 0 Å². The standard InChI is InChI=1S/C17H30N2O/c1-4-11-20-16-9-7-15(8-10-16)17(12-18)19-13-14(5-2)6-3/h7-10,14,17,19H,4-6,11-13,18H2,1-3H3. The van der Waals surface area contributed by atoms with Gasteiger partial charge in [0.05, 0.1) is 6.61 Å². The molecule has 0 saturated heterocycles. The van der Waals surface area contributed by atoms with E-state index in [0.29, 0.717) is 6.54 Å². The number of ether oxygens (including phenoxy) is 1. The third-order valence-corrected chi connectivity index (χ3v) is 3.80. The van der Waals surface area contributed by atoms with Crippen molar-refractivity contribution in [3.8, 4) is 5.75 Å². The molecule has 0 fully saturated rings. The fraction of sp³-hybridized carbons (Fsp3) is 0.647. The lowest BCUT2D eigenvalue weighted by Crippen LogP contribution is -2.32. The average molecular weight is 278 g/mol. The van der Waals surface area contributed by atoms with Gasteiger partial charge in [-0.05, 0) is 36.6 Å². The van der Waals surface area contributed by atoms with E-state index in [2.05, 4.69) is 38.2 Å². The second-order valence-electron chi connectivity index (χ2n) is 5.30. The summed E-state index contributed by atoms with van der Waals surface area (Å²) < 4.78 is 5.60. The Labute approximate surface area is 123 Å². The number of rotatable bonds is 10. The van der Waals surface area contributed by atoms with E-state index >= 15 is 0 Å². The molecule has 1 atom stereocenters. The normalized spacial score (nSPS) is 12.7. The van der Waals surface area contributed by atoms with Crippen LogP contribution in [0, 0.1) is 5.92 Å². The minimum atomic E-state index is 0.232. The Kier molecular flexibility index (Phi) is 8.31. The minimum Gasteiger partial charge on any atom is -0.494 e. The van der Waals surface area contributed by atoms with Crippen LogP contribution < -0.4 is 15.8 Å². The average Bonchev–Trinajstić information content (AvgIpc) is 2.50. The van der Waals surface area contributed by atoms with Crippen molar-refractivity contribution in [3.63, 3.8) is 0 Å². The monoisotopic (exact) mass is 278 g/mol. The zero-order valence-electron chi connectivity index (χ0n) is 13.2. The molecule has 1 rings (SSSR count). The molecule has 0 amide bonds. The lowest BCUT2D eigenvalue weighted by molar-refractivity contribution is 0.317. The summed E-state index contributed by atoms with van der Waals surface area (Å²) in [5.41, 5.74) is 7.14. The van der Waals surface area contributed by atoms with Crippen molar-refractivity contribution in [1.82, 2.24) is 5.32 Å². The van der Waals surface area contributed by atoms with Gasteiger partial charge in [0.25, 0.3) is 0 Å². The van der Waals surface area contributed by atoms with Gasteiger partial charge in [-0.1, -0.05) is 45.7 Å². The Balaban J connectivity index is 2.56. The zero-order valence-corrected chi connectivity index (χ0v) is 13.2. The predicted octanol–water partition coefficient (Wildman–Crippen LogP) is 3.50. The van der Waals surface area contributed by atoms with Crippen LogP contribution in [0.4, 0.5) is 0 Å². The molecule has 0 aromatic heterocycles. The van der Waals surface area contributed by atoms with Crippen LogP contribution in [0.2, 0.25) is 0 Å². The van der Waals surface area contributed by atoms with Gasteiger partial charge < -0.3 is 15.8 Å². The van der Waals surface area contributed by atoms with Gasteiger partial charge in [-0.3, -0.25) is 0 Å². The van der Waals surface area contributed by atoms with Crippen LogP contribution >= 0.6 is 0 Å². The third kappa shape index (κ3) is 5.51. The van der Waals surface area contributed by atoms with Gasteiger partial charge >= 0.3 is 0 Å². The summed E-state index contributed by atoms with van der Waals surface area (Å²) in [5.74, 6) is 1.67. The first-order valence-electron chi connectivity index (χ1n) is 7.91. The number of benzene rings is 1. The molecule has 3 heteroatoms. The van der Waals surface area contributed by atoms with Crippen molar-refractivity contribution in [2.24, 2.45) is 11.7 Å². The van der Waals surface area contributed by atoms with Crippen molar-refractivity contribution < 1.29 is 4.74 Å². The van der Waals surface area contributed by atoms with Gasteiger partial charge in [0.1, 0.15) is 5.75 Å². The van der Waals surface area contributed by atoms with Crippen LogP contribution in [0.3, 0.4) is 0 Å². The van der Waals surface area contributed by atoms with Crippen molar-refractivity contribution >= 4 is 0 Å². The molecular formula is C17H30N2O. The maximum absolute atomic E-state index is 5.90. The van der Waals surface area contributed by atoms with Gasteiger partial charge in [-0.15, -0.1) is 0 Å². The molecule has 0 heterocycles. The maximum atomic E-state index is 5.90. The summed E-state index contributed by atoms with van der Waals surface area (Å²) in [5, 5.41) is 3.58. The second-order valence-corrected chi connectivity index (χ2v) is 5.30. The third-order valence-electron chi connectivity index (χ3n) is 3.80. The van der Waals surface area contributed by atoms with Gasteiger partial charge in [-0.2, -0.15) is 0 Å². The van der Waals surface area contributed by atoms with Crippen molar-refractivity contribution in [2.75, 3.05) is 19.7 Å². The minimum absolute atomic E-state index is 0.232. The molecule has 0 aliphatic heterocycles.